The van der Waals surface area contributed by atoms with E-state index >= 15 is 0 Å². The average Bonchev–Trinajstić information content (AvgIpc) is 3.06. The molecule has 1 saturated heterocycles. The van der Waals surface area contributed by atoms with Crippen molar-refractivity contribution in [2.45, 2.75) is 30.6 Å². The van der Waals surface area contributed by atoms with E-state index < -0.39 is 9.84 Å². The van der Waals surface area contributed by atoms with Crippen molar-refractivity contribution in [1.82, 2.24) is 20.1 Å². The fourth-order valence-corrected chi connectivity index (χ4v) is 3.97. The molecule has 3 aromatic rings. The monoisotopic (exact) mass is 373 g/mol. The lowest BCUT2D eigenvalue weighted by Gasteiger charge is -2.31. The maximum atomic E-state index is 11.9. The molecule has 1 aromatic carbocycles. The van der Waals surface area contributed by atoms with Crippen molar-refractivity contribution in [3.8, 4) is 0 Å². The maximum absolute atomic E-state index is 11.9. The van der Waals surface area contributed by atoms with E-state index in [1.165, 1.54) is 12.6 Å². The third-order valence-electron chi connectivity index (χ3n) is 4.70. The molecule has 0 unspecified atom stereocenters. The smallest absolute Gasteiger partial charge is 0.229 e. The number of hydrogen-bond acceptors (Lipinski definition) is 8. The molecule has 0 spiro atoms. The molecule has 0 amide bonds. The van der Waals surface area contributed by atoms with Gasteiger partial charge in [0.15, 0.2) is 15.7 Å². The molecule has 0 aliphatic carbocycles. The van der Waals surface area contributed by atoms with Crippen LogP contribution in [0.4, 0.5) is 5.82 Å². The van der Waals surface area contributed by atoms with Gasteiger partial charge in [0.05, 0.1) is 10.4 Å². The standard InChI is InChI=1S/C17H19N5O3S/c1-11-20-17(25-21-11)12-5-7-22(8-6-12)16-14-9-13(26(2,23)24)3-4-15(14)18-10-19-16/h3-4,9-10,12H,5-8H2,1-2H3. The molecule has 8 nitrogen and oxygen atoms in total. The number of aromatic nitrogens is 4. The van der Waals surface area contributed by atoms with E-state index in [0.717, 1.165) is 42.7 Å². The highest BCUT2D eigenvalue weighted by Crippen LogP contribution is 2.32. The Hall–Kier alpha value is -2.55. The first-order valence-corrected chi connectivity index (χ1v) is 10.3. The van der Waals surface area contributed by atoms with Crippen LogP contribution in [0.15, 0.2) is 33.9 Å². The van der Waals surface area contributed by atoms with Gasteiger partial charge in [-0.05, 0) is 38.0 Å². The summed E-state index contributed by atoms with van der Waals surface area (Å²) in [6, 6.07) is 4.97. The average molecular weight is 373 g/mol. The number of fused-ring (bicyclic) bond motifs is 1. The molecule has 4 rings (SSSR count). The number of benzene rings is 1. The van der Waals surface area contributed by atoms with Gasteiger partial charge in [0.1, 0.15) is 12.1 Å². The summed E-state index contributed by atoms with van der Waals surface area (Å²) in [6.07, 6.45) is 4.47. The Morgan fingerprint density at radius 3 is 2.62 bits per heavy atom. The van der Waals surface area contributed by atoms with Gasteiger partial charge in [0, 0.05) is 30.6 Å². The zero-order valence-corrected chi connectivity index (χ0v) is 15.4. The minimum absolute atomic E-state index is 0.243. The van der Waals surface area contributed by atoms with Gasteiger partial charge in [-0.15, -0.1) is 0 Å². The number of anilines is 1. The van der Waals surface area contributed by atoms with Crippen LogP contribution in [0.1, 0.15) is 30.5 Å². The van der Waals surface area contributed by atoms with Gasteiger partial charge in [-0.2, -0.15) is 4.98 Å². The summed E-state index contributed by atoms with van der Waals surface area (Å²) in [5.74, 6) is 2.35. The Morgan fingerprint density at radius 1 is 1.19 bits per heavy atom. The van der Waals surface area contributed by atoms with Crippen LogP contribution in [-0.2, 0) is 9.84 Å². The van der Waals surface area contributed by atoms with Gasteiger partial charge in [0.25, 0.3) is 0 Å². The van der Waals surface area contributed by atoms with E-state index in [2.05, 4.69) is 25.0 Å². The normalized spacial score (nSPS) is 16.3. The molecular weight excluding hydrogens is 354 g/mol. The molecule has 0 radical (unpaired) electrons. The molecule has 26 heavy (non-hydrogen) atoms. The second-order valence-electron chi connectivity index (χ2n) is 6.59. The van der Waals surface area contributed by atoms with Crippen molar-refractivity contribution in [3.63, 3.8) is 0 Å². The van der Waals surface area contributed by atoms with Crippen molar-refractivity contribution in [2.75, 3.05) is 24.2 Å². The van der Waals surface area contributed by atoms with Gasteiger partial charge in [-0.3, -0.25) is 0 Å². The first-order valence-electron chi connectivity index (χ1n) is 8.42. The number of rotatable bonds is 3. The lowest BCUT2D eigenvalue weighted by molar-refractivity contribution is 0.327. The largest absolute Gasteiger partial charge is 0.356 e. The molecule has 0 atom stereocenters. The Bertz CT molecular complexity index is 1060. The Balaban J connectivity index is 1.63. The number of nitrogens with zero attached hydrogens (tertiary/aromatic N) is 5. The van der Waals surface area contributed by atoms with Crippen LogP contribution in [0.25, 0.3) is 10.9 Å². The first-order chi connectivity index (χ1) is 12.4. The Labute approximate surface area is 151 Å². The van der Waals surface area contributed by atoms with E-state index in [1.807, 2.05) is 6.92 Å². The highest BCUT2D eigenvalue weighted by Gasteiger charge is 2.26. The summed E-state index contributed by atoms with van der Waals surface area (Å²) >= 11 is 0. The van der Waals surface area contributed by atoms with Crippen molar-refractivity contribution in [2.24, 2.45) is 0 Å². The quantitative estimate of drug-likeness (QED) is 0.688. The van der Waals surface area contributed by atoms with Crippen LogP contribution >= 0.6 is 0 Å². The second-order valence-corrected chi connectivity index (χ2v) is 8.61. The van der Waals surface area contributed by atoms with Crippen LogP contribution in [0.5, 0.6) is 0 Å². The van der Waals surface area contributed by atoms with Gasteiger partial charge >= 0.3 is 0 Å². The maximum Gasteiger partial charge on any atom is 0.229 e. The fraction of sp³-hybridized carbons (Fsp3) is 0.412. The Morgan fingerprint density at radius 2 is 1.96 bits per heavy atom. The molecule has 136 valence electrons. The van der Waals surface area contributed by atoms with Gasteiger partial charge in [-0.1, -0.05) is 5.16 Å². The predicted molar refractivity (Wildman–Crippen MR) is 95.9 cm³/mol. The summed E-state index contributed by atoms with van der Waals surface area (Å²) < 4.78 is 29.1. The summed E-state index contributed by atoms with van der Waals surface area (Å²) in [4.78, 5) is 15.5. The zero-order chi connectivity index (χ0) is 18.3. The number of sulfone groups is 1. The third kappa shape index (κ3) is 3.14. The Kier molecular flexibility index (Phi) is 4.10. The lowest BCUT2D eigenvalue weighted by Crippen LogP contribution is -2.33. The lowest BCUT2D eigenvalue weighted by atomic mass is 9.96. The van der Waals surface area contributed by atoms with Crippen LogP contribution in [-0.4, -0.2) is 47.9 Å². The summed E-state index contributed by atoms with van der Waals surface area (Å²) in [5, 5.41) is 4.62. The van der Waals surface area contributed by atoms with Gasteiger partial charge in [-0.25, -0.2) is 18.4 Å². The second kappa shape index (κ2) is 6.31. The number of hydrogen-bond donors (Lipinski definition) is 0. The van der Waals surface area contributed by atoms with Gasteiger partial charge in [0.2, 0.25) is 5.89 Å². The molecule has 1 aliphatic rings. The van der Waals surface area contributed by atoms with Crippen LogP contribution < -0.4 is 4.90 Å². The molecular formula is C17H19N5O3S. The summed E-state index contributed by atoms with van der Waals surface area (Å²) in [5.41, 5.74) is 0.733. The van der Waals surface area contributed by atoms with E-state index in [1.54, 1.807) is 18.2 Å². The highest BCUT2D eigenvalue weighted by atomic mass is 32.2. The topological polar surface area (TPSA) is 102 Å². The van der Waals surface area contributed by atoms with E-state index in [9.17, 15) is 8.42 Å². The molecule has 0 saturated carbocycles. The fourth-order valence-electron chi connectivity index (χ4n) is 3.32. The predicted octanol–water partition coefficient (Wildman–Crippen LogP) is 2.11. The number of piperidine rings is 1. The third-order valence-corrected chi connectivity index (χ3v) is 5.81. The van der Waals surface area contributed by atoms with Crippen LogP contribution in [0, 0.1) is 6.92 Å². The molecule has 9 heteroatoms. The minimum atomic E-state index is -3.29. The van der Waals surface area contributed by atoms with Crippen molar-refractivity contribution in [1.29, 1.82) is 0 Å². The molecule has 3 heterocycles. The van der Waals surface area contributed by atoms with E-state index in [0.29, 0.717) is 11.7 Å². The first kappa shape index (κ1) is 16.9. The van der Waals surface area contributed by atoms with Crippen LogP contribution in [0.2, 0.25) is 0 Å². The number of aryl methyl sites for hydroxylation is 1. The van der Waals surface area contributed by atoms with Crippen molar-refractivity contribution >= 4 is 26.6 Å². The van der Waals surface area contributed by atoms with Crippen molar-refractivity contribution in [3.05, 3.63) is 36.2 Å². The summed E-state index contributed by atoms with van der Waals surface area (Å²) in [6.45, 7) is 3.37. The summed E-state index contributed by atoms with van der Waals surface area (Å²) in [7, 11) is -3.29. The van der Waals surface area contributed by atoms with E-state index in [-0.39, 0.29) is 10.8 Å². The van der Waals surface area contributed by atoms with E-state index in [4.69, 9.17) is 4.52 Å². The van der Waals surface area contributed by atoms with Crippen LogP contribution in [0.3, 0.4) is 0 Å². The minimum Gasteiger partial charge on any atom is -0.356 e. The highest BCUT2D eigenvalue weighted by molar-refractivity contribution is 7.90. The SMILES string of the molecule is Cc1noc(C2CCN(c3ncnc4ccc(S(C)(=O)=O)cc34)CC2)n1. The van der Waals surface area contributed by atoms with Gasteiger partial charge < -0.3 is 9.42 Å². The molecule has 0 bridgehead atoms. The van der Waals surface area contributed by atoms with Crippen molar-refractivity contribution < 1.29 is 12.9 Å². The molecule has 2 aromatic heterocycles. The zero-order valence-electron chi connectivity index (χ0n) is 14.6. The molecule has 1 fully saturated rings. The molecule has 1 aliphatic heterocycles. The molecule has 0 N–H and O–H groups in total.